The van der Waals surface area contributed by atoms with Crippen LogP contribution >= 0.6 is 31.9 Å². The van der Waals surface area contributed by atoms with E-state index in [4.69, 9.17) is 0 Å². The Bertz CT molecular complexity index is 615. The number of rotatable bonds is 3. The first-order chi connectivity index (χ1) is 8.99. The Balaban J connectivity index is 2.19. The van der Waals surface area contributed by atoms with Gasteiger partial charge in [-0.15, -0.1) is 0 Å². The van der Waals surface area contributed by atoms with Crippen molar-refractivity contribution in [2.45, 2.75) is 13.5 Å². The van der Waals surface area contributed by atoms with E-state index in [1.165, 1.54) is 12.1 Å². The fraction of sp³-hybridized carbons (Fsp3) is 0.143. The van der Waals surface area contributed by atoms with Gasteiger partial charge < -0.3 is 5.32 Å². The zero-order valence-electron chi connectivity index (χ0n) is 10.1. The molecule has 0 unspecified atom stereocenters. The minimum Gasteiger partial charge on any atom is -0.381 e. The van der Waals surface area contributed by atoms with Crippen molar-refractivity contribution in [2.24, 2.45) is 0 Å². The molecule has 0 saturated carbocycles. The fourth-order valence-corrected chi connectivity index (χ4v) is 2.37. The van der Waals surface area contributed by atoms with Gasteiger partial charge in [-0.2, -0.15) is 0 Å². The number of hydrogen-bond acceptors (Lipinski definition) is 1. The number of benzene rings is 2. The van der Waals surface area contributed by atoms with Crippen molar-refractivity contribution >= 4 is 37.5 Å². The summed E-state index contributed by atoms with van der Waals surface area (Å²) in [4.78, 5) is 0. The third-order valence-electron chi connectivity index (χ3n) is 2.78. The molecule has 0 aromatic heterocycles. The van der Waals surface area contributed by atoms with Crippen LogP contribution in [0.1, 0.15) is 11.1 Å². The topological polar surface area (TPSA) is 12.0 Å². The van der Waals surface area contributed by atoms with Crippen LogP contribution in [0.5, 0.6) is 0 Å². The molecule has 0 amide bonds. The fourth-order valence-electron chi connectivity index (χ4n) is 1.62. The average Bonchev–Trinajstić information content (AvgIpc) is 2.38. The second kappa shape index (κ2) is 6.01. The number of anilines is 1. The normalized spacial score (nSPS) is 10.6. The molecule has 2 aromatic carbocycles. The molecule has 19 heavy (non-hydrogen) atoms. The molecule has 1 N–H and O–H groups in total. The highest BCUT2D eigenvalue weighted by atomic mass is 79.9. The van der Waals surface area contributed by atoms with E-state index in [0.717, 1.165) is 15.7 Å². The van der Waals surface area contributed by atoms with Crippen molar-refractivity contribution in [1.82, 2.24) is 0 Å². The maximum atomic E-state index is 13.8. The van der Waals surface area contributed by atoms with Gasteiger partial charge in [-0.25, -0.2) is 8.78 Å². The molecule has 0 saturated heterocycles. The summed E-state index contributed by atoms with van der Waals surface area (Å²) in [5, 5.41) is 3.01. The Hall–Kier alpha value is -0.940. The lowest BCUT2D eigenvalue weighted by Crippen LogP contribution is -2.05. The summed E-state index contributed by atoms with van der Waals surface area (Å²) in [5.74, 6) is -1.13. The maximum absolute atomic E-state index is 13.8. The summed E-state index contributed by atoms with van der Waals surface area (Å²) < 4.78 is 28.6. The van der Waals surface area contributed by atoms with Crippen LogP contribution in [0.2, 0.25) is 0 Å². The number of aryl methyl sites for hydroxylation is 1. The van der Waals surface area contributed by atoms with Gasteiger partial charge in [0.15, 0.2) is 0 Å². The quantitative estimate of drug-likeness (QED) is 0.691. The smallest absolute Gasteiger partial charge is 0.145 e. The molecule has 0 aliphatic heterocycles. The summed E-state index contributed by atoms with van der Waals surface area (Å²) in [6.45, 7) is 2.06. The van der Waals surface area contributed by atoms with Crippen molar-refractivity contribution in [3.63, 3.8) is 0 Å². The van der Waals surface area contributed by atoms with Crippen LogP contribution in [-0.4, -0.2) is 0 Å². The van der Waals surface area contributed by atoms with Crippen LogP contribution < -0.4 is 5.32 Å². The molecule has 2 rings (SSSR count). The van der Waals surface area contributed by atoms with E-state index in [2.05, 4.69) is 37.2 Å². The highest BCUT2D eigenvalue weighted by Gasteiger charge is 2.12. The summed E-state index contributed by atoms with van der Waals surface area (Å²) in [6, 6.07) is 8.28. The third kappa shape index (κ3) is 3.34. The molecule has 0 aliphatic rings. The molecular formula is C14H11Br2F2N. The molecule has 0 heterocycles. The maximum Gasteiger partial charge on any atom is 0.145 e. The van der Waals surface area contributed by atoms with Crippen LogP contribution in [0.4, 0.5) is 14.5 Å². The van der Waals surface area contributed by atoms with E-state index in [1.807, 2.05) is 25.1 Å². The van der Waals surface area contributed by atoms with Crippen LogP contribution in [0.3, 0.4) is 0 Å². The monoisotopic (exact) mass is 389 g/mol. The molecular weight excluding hydrogens is 380 g/mol. The van der Waals surface area contributed by atoms with Crippen molar-refractivity contribution in [3.05, 3.63) is 62.0 Å². The summed E-state index contributed by atoms with van der Waals surface area (Å²) in [6.07, 6.45) is 0. The molecule has 1 nitrogen and oxygen atoms in total. The molecule has 5 heteroatoms. The predicted octanol–water partition coefficient (Wildman–Crippen LogP) is 5.41. The summed E-state index contributed by atoms with van der Waals surface area (Å²) in [7, 11) is 0. The Kier molecular flexibility index (Phi) is 4.58. The number of nitrogens with one attached hydrogen (secondary N) is 1. The lowest BCUT2D eigenvalue weighted by Gasteiger charge is -2.10. The van der Waals surface area contributed by atoms with Crippen LogP contribution in [0.15, 0.2) is 39.3 Å². The van der Waals surface area contributed by atoms with Gasteiger partial charge in [0, 0.05) is 22.3 Å². The van der Waals surface area contributed by atoms with Gasteiger partial charge in [0.05, 0.1) is 4.47 Å². The highest BCUT2D eigenvalue weighted by Crippen LogP contribution is 2.24. The molecule has 0 radical (unpaired) electrons. The van der Waals surface area contributed by atoms with Crippen molar-refractivity contribution in [3.8, 4) is 0 Å². The second-order valence-corrected chi connectivity index (χ2v) is 5.85. The Morgan fingerprint density at radius 1 is 1.05 bits per heavy atom. The van der Waals surface area contributed by atoms with Gasteiger partial charge in [-0.05, 0) is 52.7 Å². The van der Waals surface area contributed by atoms with Gasteiger partial charge in [0.2, 0.25) is 0 Å². The van der Waals surface area contributed by atoms with E-state index in [-0.39, 0.29) is 16.6 Å². The van der Waals surface area contributed by atoms with Gasteiger partial charge in [-0.3, -0.25) is 0 Å². The molecule has 0 atom stereocenters. The summed E-state index contributed by atoms with van der Waals surface area (Å²) in [5.41, 5.74) is 1.92. The molecule has 0 spiro atoms. The first-order valence-corrected chi connectivity index (χ1v) is 7.20. The van der Waals surface area contributed by atoms with Crippen molar-refractivity contribution < 1.29 is 8.78 Å². The van der Waals surface area contributed by atoms with Gasteiger partial charge in [0.25, 0.3) is 0 Å². The zero-order chi connectivity index (χ0) is 14.0. The van der Waals surface area contributed by atoms with E-state index < -0.39 is 11.6 Å². The van der Waals surface area contributed by atoms with Gasteiger partial charge in [0.1, 0.15) is 11.6 Å². The molecule has 0 fully saturated rings. The Morgan fingerprint density at radius 3 is 2.47 bits per heavy atom. The minimum absolute atomic E-state index is 0.0195. The SMILES string of the molecule is Cc1ccc(NCc2c(F)ccc(Br)c2F)cc1Br. The molecule has 100 valence electrons. The first-order valence-electron chi connectivity index (χ1n) is 5.61. The number of halogens is 4. The molecule has 2 aromatic rings. The van der Waals surface area contributed by atoms with E-state index in [0.29, 0.717) is 0 Å². The summed E-state index contributed by atoms with van der Waals surface area (Å²) >= 11 is 6.47. The van der Waals surface area contributed by atoms with E-state index in [1.54, 1.807) is 0 Å². The minimum atomic E-state index is -0.571. The highest BCUT2D eigenvalue weighted by molar-refractivity contribution is 9.10. The predicted molar refractivity (Wildman–Crippen MR) is 80.3 cm³/mol. The van der Waals surface area contributed by atoms with E-state index >= 15 is 0 Å². The molecule has 0 aliphatic carbocycles. The zero-order valence-corrected chi connectivity index (χ0v) is 13.3. The van der Waals surface area contributed by atoms with Crippen LogP contribution in [0, 0.1) is 18.6 Å². The molecule has 0 bridgehead atoms. The van der Waals surface area contributed by atoms with Crippen LogP contribution in [0.25, 0.3) is 0 Å². The van der Waals surface area contributed by atoms with Crippen LogP contribution in [-0.2, 0) is 6.54 Å². The largest absolute Gasteiger partial charge is 0.381 e. The Morgan fingerprint density at radius 2 is 1.79 bits per heavy atom. The third-order valence-corrected chi connectivity index (χ3v) is 4.25. The second-order valence-electron chi connectivity index (χ2n) is 4.14. The number of hydrogen-bond donors (Lipinski definition) is 1. The Labute approximate surface area is 127 Å². The average molecular weight is 391 g/mol. The lowest BCUT2D eigenvalue weighted by atomic mass is 10.2. The van der Waals surface area contributed by atoms with Gasteiger partial charge in [-0.1, -0.05) is 22.0 Å². The standard InChI is InChI=1S/C14H11Br2F2N/c1-8-2-3-9(6-12(8)16)19-7-10-13(17)5-4-11(15)14(10)18/h2-6,19H,7H2,1H3. The van der Waals surface area contributed by atoms with Gasteiger partial charge >= 0.3 is 0 Å². The van der Waals surface area contributed by atoms with E-state index in [9.17, 15) is 8.78 Å². The lowest BCUT2D eigenvalue weighted by molar-refractivity contribution is 0.555. The van der Waals surface area contributed by atoms with Crippen molar-refractivity contribution in [1.29, 1.82) is 0 Å². The first kappa shape index (κ1) is 14.5. The van der Waals surface area contributed by atoms with Crippen molar-refractivity contribution in [2.75, 3.05) is 5.32 Å².